The number of anilines is 2. The lowest BCUT2D eigenvalue weighted by Gasteiger charge is -2.24. The second kappa shape index (κ2) is 14.8. The Bertz CT molecular complexity index is 1590. The Morgan fingerprint density at radius 2 is 1.53 bits per heavy atom. The fraction of sp³-hybridized carbons (Fsp3) is 0.171. The van der Waals surface area contributed by atoms with E-state index in [4.69, 9.17) is 21.1 Å². The smallest absolute Gasteiger partial charge is 0.328 e. The van der Waals surface area contributed by atoms with Crippen LogP contribution in [0.3, 0.4) is 0 Å². The van der Waals surface area contributed by atoms with Crippen LogP contribution in [0.2, 0.25) is 5.02 Å². The van der Waals surface area contributed by atoms with Gasteiger partial charge in [-0.1, -0.05) is 84.9 Å². The second-order valence-electron chi connectivity index (χ2n) is 9.85. The van der Waals surface area contributed by atoms with Crippen molar-refractivity contribution in [1.82, 2.24) is 0 Å². The number of amides is 1. The van der Waals surface area contributed by atoms with Gasteiger partial charge in [0.05, 0.1) is 24.4 Å². The molecule has 4 rings (SSSR count). The fourth-order valence-corrected chi connectivity index (χ4v) is 4.76. The molecule has 0 fully saturated rings. The molecular weight excluding hydrogens is 564 g/mol. The number of hydrogen-bond donors (Lipinski definition) is 1. The lowest BCUT2D eigenvalue weighted by molar-refractivity contribution is -0.141. The average molecular weight is 597 g/mol. The molecule has 0 saturated heterocycles. The number of nitrogens with one attached hydrogen (secondary N) is 1. The molecule has 7 nitrogen and oxygen atoms in total. The van der Waals surface area contributed by atoms with Gasteiger partial charge < -0.3 is 19.7 Å². The van der Waals surface area contributed by atoms with E-state index in [-0.39, 0.29) is 24.8 Å². The minimum absolute atomic E-state index is 0.146. The number of halogens is 1. The number of rotatable bonds is 13. The molecule has 0 aliphatic heterocycles. The van der Waals surface area contributed by atoms with Crippen LogP contribution in [0.25, 0.3) is 0 Å². The molecule has 0 aromatic heterocycles. The third kappa shape index (κ3) is 8.11. The molecule has 4 aromatic carbocycles. The van der Waals surface area contributed by atoms with Crippen LogP contribution in [-0.2, 0) is 20.7 Å². The van der Waals surface area contributed by atoms with Gasteiger partial charge in [-0.15, -0.1) is 0 Å². The first kappa shape index (κ1) is 31.1. The molecule has 0 unspecified atom stereocenters. The normalized spacial score (nSPS) is 11.2. The minimum atomic E-state index is -0.737. The first-order valence-electron chi connectivity index (χ1n) is 13.7. The molecule has 0 radical (unpaired) electrons. The number of carbonyl (C=O) groups is 3. The Labute approximate surface area is 256 Å². The molecule has 1 amide bonds. The molecule has 4 aromatic rings. The van der Waals surface area contributed by atoms with Crippen LogP contribution in [0.5, 0.6) is 5.75 Å². The molecule has 1 atom stereocenters. The summed E-state index contributed by atoms with van der Waals surface area (Å²) in [6, 6.07) is 29.8. The van der Waals surface area contributed by atoms with E-state index in [0.29, 0.717) is 45.3 Å². The van der Waals surface area contributed by atoms with Crippen molar-refractivity contribution in [3.05, 3.63) is 137 Å². The fourth-order valence-electron chi connectivity index (χ4n) is 4.52. The van der Waals surface area contributed by atoms with Crippen LogP contribution in [0.15, 0.2) is 115 Å². The molecule has 1 N–H and O–H groups in total. The monoisotopic (exact) mass is 596 g/mol. The van der Waals surface area contributed by atoms with Gasteiger partial charge in [-0.2, -0.15) is 0 Å². The highest BCUT2D eigenvalue weighted by molar-refractivity contribution is 6.34. The van der Waals surface area contributed by atoms with Gasteiger partial charge in [0, 0.05) is 28.8 Å². The minimum Gasteiger partial charge on any atom is -0.492 e. The first-order chi connectivity index (χ1) is 20.8. The highest BCUT2D eigenvalue weighted by Gasteiger charge is 2.23. The van der Waals surface area contributed by atoms with Crippen LogP contribution >= 0.6 is 11.6 Å². The van der Waals surface area contributed by atoms with Gasteiger partial charge in [0.15, 0.2) is 5.78 Å². The van der Waals surface area contributed by atoms with Crippen LogP contribution in [0, 0.1) is 0 Å². The summed E-state index contributed by atoms with van der Waals surface area (Å²) in [5.74, 6) is -0.233. The molecule has 0 heterocycles. The highest BCUT2D eigenvalue weighted by Crippen LogP contribution is 2.27. The molecule has 8 heteroatoms. The molecule has 0 bridgehead atoms. The lowest BCUT2D eigenvalue weighted by atomic mass is 10.00. The number of ketones is 1. The number of nitrogens with zero attached hydrogens (tertiary/aromatic N) is 1. The van der Waals surface area contributed by atoms with E-state index >= 15 is 0 Å². The van der Waals surface area contributed by atoms with Gasteiger partial charge in [0.1, 0.15) is 18.4 Å². The third-order valence-corrected chi connectivity index (χ3v) is 7.04. The Kier molecular flexibility index (Phi) is 10.7. The van der Waals surface area contributed by atoms with Crippen molar-refractivity contribution in [2.24, 2.45) is 0 Å². The van der Waals surface area contributed by atoms with E-state index < -0.39 is 12.0 Å². The Morgan fingerprint density at radius 3 is 2.21 bits per heavy atom. The zero-order chi connectivity index (χ0) is 30.8. The third-order valence-electron chi connectivity index (χ3n) is 6.72. The molecule has 0 saturated carbocycles. The predicted octanol–water partition coefficient (Wildman–Crippen LogP) is 6.76. The maximum Gasteiger partial charge on any atom is 0.328 e. The number of para-hydroxylation sites is 2. The highest BCUT2D eigenvalue weighted by atomic mass is 35.5. The average Bonchev–Trinajstić information content (AvgIpc) is 3.03. The van der Waals surface area contributed by atoms with Gasteiger partial charge in [-0.25, -0.2) is 4.79 Å². The van der Waals surface area contributed by atoms with E-state index in [9.17, 15) is 14.4 Å². The maximum absolute atomic E-state index is 13.2. The number of carbonyl (C=O) groups excluding carboxylic acids is 3. The van der Waals surface area contributed by atoms with E-state index in [2.05, 4.69) is 11.9 Å². The van der Waals surface area contributed by atoms with Crippen LogP contribution < -0.4 is 15.0 Å². The zero-order valence-electron chi connectivity index (χ0n) is 24.1. The largest absolute Gasteiger partial charge is 0.492 e. The molecule has 220 valence electrons. The Balaban J connectivity index is 1.43. The van der Waals surface area contributed by atoms with Gasteiger partial charge in [-0.05, 0) is 48.9 Å². The molecule has 0 spiro atoms. The number of benzene rings is 4. The Hall–Kier alpha value is -4.88. The summed E-state index contributed by atoms with van der Waals surface area (Å²) in [6.45, 7) is 5.92. The molecular formula is C35H33ClN2O5. The van der Waals surface area contributed by atoms with Crippen molar-refractivity contribution in [3.8, 4) is 5.75 Å². The van der Waals surface area contributed by atoms with Crippen LogP contribution in [0.1, 0.15) is 28.4 Å². The Morgan fingerprint density at radius 1 is 0.884 bits per heavy atom. The first-order valence-corrected chi connectivity index (χ1v) is 14.1. The van der Waals surface area contributed by atoms with Gasteiger partial charge in [0.25, 0.3) is 5.91 Å². The second-order valence-corrected chi connectivity index (χ2v) is 10.3. The zero-order valence-corrected chi connectivity index (χ0v) is 24.8. The van der Waals surface area contributed by atoms with Crippen molar-refractivity contribution < 1.29 is 23.9 Å². The lowest BCUT2D eigenvalue weighted by Crippen LogP contribution is -2.35. The summed E-state index contributed by atoms with van der Waals surface area (Å²) in [5, 5.41) is 3.68. The maximum atomic E-state index is 13.2. The van der Waals surface area contributed by atoms with E-state index in [1.807, 2.05) is 36.4 Å². The molecule has 43 heavy (non-hydrogen) atoms. The summed E-state index contributed by atoms with van der Waals surface area (Å²) in [5.41, 5.74) is 3.40. The van der Waals surface area contributed by atoms with Crippen molar-refractivity contribution >= 4 is 40.6 Å². The topological polar surface area (TPSA) is 84.9 Å². The summed E-state index contributed by atoms with van der Waals surface area (Å²) >= 11 is 6.34. The van der Waals surface area contributed by atoms with Crippen LogP contribution in [-0.4, -0.2) is 44.0 Å². The van der Waals surface area contributed by atoms with Crippen molar-refractivity contribution in [3.63, 3.8) is 0 Å². The standard InChI is InChI=1S/C35H33ClN2O5/c1-24(2)34(40)38(32-16-10-8-14-29(32)36)21-22-43-27-19-17-25(18-20-27)23-31(35(41)42-3)37-30-15-9-7-13-28(30)33(39)26-11-5-4-6-12-26/h4-20,31,37H,1,21-23H2,2-3H3/t31-/m0/s1. The number of esters is 1. The number of ether oxygens (including phenoxy) is 2. The summed E-state index contributed by atoms with van der Waals surface area (Å²) < 4.78 is 11.0. The van der Waals surface area contributed by atoms with E-state index in [1.54, 1.807) is 78.6 Å². The van der Waals surface area contributed by atoms with E-state index in [0.717, 1.165) is 5.56 Å². The van der Waals surface area contributed by atoms with Crippen molar-refractivity contribution in [2.75, 3.05) is 30.5 Å². The predicted molar refractivity (Wildman–Crippen MR) is 170 cm³/mol. The van der Waals surface area contributed by atoms with Gasteiger partial charge in [-0.3, -0.25) is 9.59 Å². The number of hydrogen-bond acceptors (Lipinski definition) is 6. The summed E-state index contributed by atoms with van der Waals surface area (Å²) in [6.07, 6.45) is 0.314. The summed E-state index contributed by atoms with van der Waals surface area (Å²) in [7, 11) is 1.33. The number of methoxy groups -OCH3 is 1. The van der Waals surface area contributed by atoms with Gasteiger partial charge >= 0.3 is 5.97 Å². The van der Waals surface area contributed by atoms with Crippen molar-refractivity contribution in [2.45, 2.75) is 19.4 Å². The quantitative estimate of drug-likeness (QED) is 0.104. The SMILES string of the molecule is C=C(C)C(=O)N(CCOc1ccc(C[C@H](Nc2ccccc2C(=O)c2ccccc2)C(=O)OC)cc1)c1ccccc1Cl. The van der Waals surface area contributed by atoms with Crippen LogP contribution in [0.4, 0.5) is 11.4 Å². The van der Waals surface area contributed by atoms with E-state index in [1.165, 1.54) is 7.11 Å². The molecule has 0 aliphatic carbocycles. The van der Waals surface area contributed by atoms with Crippen molar-refractivity contribution in [1.29, 1.82) is 0 Å². The molecule has 0 aliphatic rings. The van der Waals surface area contributed by atoms with Gasteiger partial charge in [0.2, 0.25) is 0 Å². The summed E-state index contributed by atoms with van der Waals surface area (Å²) in [4.78, 5) is 40.2.